The lowest BCUT2D eigenvalue weighted by Gasteiger charge is -2.16. The van der Waals surface area contributed by atoms with Gasteiger partial charge in [0.15, 0.2) is 0 Å². The molecule has 6 heteroatoms. The fraction of sp³-hybridized carbons (Fsp3) is 0.0833. The van der Waals surface area contributed by atoms with E-state index in [1.165, 1.54) is 30.0 Å². The number of nitrogens with one attached hydrogen (secondary N) is 1. The van der Waals surface area contributed by atoms with E-state index in [2.05, 4.69) is 5.32 Å². The van der Waals surface area contributed by atoms with E-state index in [-0.39, 0.29) is 16.3 Å². The molecule has 3 aromatic carbocycles. The van der Waals surface area contributed by atoms with Gasteiger partial charge in [-0.2, -0.15) is 0 Å². The number of para-hydroxylation sites is 1. The van der Waals surface area contributed by atoms with Gasteiger partial charge in [-0.1, -0.05) is 48.2 Å². The van der Waals surface area contributed by atoms with Crippen LogP contribution < -0.4 is 10.2 Å². The van der Waals surface area contributed by atoms with Crippen molar-refractivity contribution in [1.82, 2.24) is 0 Å². The highest BCUT2D eigenvalue weighted by atomic mass is 32.2. The Morgan fingerprint density at radius 2 is 1.47 bits per heavy atom. The number of aryl methyl sites for hydroxylation is 2. The highest BCUT2D eigenvalue weighted by Gasteiger charge is 2.41. The van der Waals surface area contributed by atoms with Gasteiger partial charge in [-0.05, 0) is 61.4 Å². The molecule has 1 heterocycles. The SMILES string of the molecule is Cc1cc(C)cc(NC2=C(Sc3ccccc3)C(=O)N(c3ccccc3F)C2=O)c1. The molecule has 4 rings (SSSR count). The topological polar surface area (TPSA) is 49.4 Å². The zero-order valence-corrected chi connectivity index (χ0v) is 17.3. The maximum Gasteiger partial charge on any atom is 0.283 e. The Morgan fingerprint density at radius 1 is 0.833 bits per heavy atom. The third kappa shape index (κ3) is 3.86. The Kier molecular flexibility index (Phi) is 5.42. The van der Waals surface area contributed by atoms with E-state index in [1.807, 2.05) is 62.4 Å². The van der Waals surface area contributed by atoms with Crippen molar-refractivity contribution in [1.29, 1.82) is 0 Å². The maximum absolute atomic E-state index is 14.4. The normalized spacial score (nSPS) is 13.9. The summed E-state index contributed by atoms with van der Waals surface area (Å²) in [5, 5.41) is 3.12. The van der Waals surface area contributed by atoms with E-state index in [1.54, 1.807) is 6.07 Å². The quantitative estimate of drug-likeness (QED) is 0.561. The summed E-state index contributed by atoms with van der Waals surface area (Å²) in [7, 11) is 0. The number of halogens is 1. The van der Waals surface area contributed by atoms with Crippen LogP contribution >= 0.6 is 11.8 Å². The molecule has 1 aliphatic heterocycles. The number of imide groups is 1. The van der Waals surface area contributed by atoms with Crippen LogP contribution in [0.3, 0.4) is 0 Å². The Balaban J connectivity index is 1.78. The Hall–Kier alpha value is -3.38. The molecule has 1 aliphatic rings. The molecule has 0 saturated heterocycles. The summed E-state index contributed by atoms with van der Waals surface area (Å²) in [6.45, 7) is 3.92. The molecular formula is C24H19FN2O2S. The number of hydrogen-bond donors (Lipinski definition) is 1. The van der Waals surface area contributed by atoms with Crippen LogP contribution in [0.5, 0.6) is 0 Å². The van der Waals surface area contributed by atoms with Crippen molar-refractivity contribution in [3.8, 4) is 0 Å². The number of carbonyl (C=O) groups excluding carboxylic acids is 2. The number of anilines is 2. The van der Waals surface area contributed by atoms with Crippen LogP contribution in [0, 0.1) is 19.7 Å². The summed E-state index contributed by atoms with van der Waals surface area (Å²) in [6, 6.07) is 20.9. The first-order chi connectivity index (χ1) is 14.4. The molecule has 0 aromatic heterocycles. The molecule has 0 saturated carbocycles. The molecule has 0 spiro atoms. The van der Waals surface area contributed by atoms with Gasteiger partial charge in [0.25, 0.3) is 11.8 Å². The Bertz CT molecular complexity index is 1150. The zero-order chi connectivity index (χ0) is 21.3. The fourth-order valence-electron chi connectivity index (χ4n) is 3.36. The van der Waals surface area contributed by atoms with Crippen molar-refractivity contribution in [2.24, 2.45) is 0 Å². The molecular weight excluding hydrogens is 399 g/mol. The van der Waals surface area contributed by atoms with Crippen molar-refractivity contribution in [3.63, 3.8) is 0 Å². The number of hydrogen-bond acceptors (Lipinski definition) is 4. The van der Waals surface area contributed by atoms with E-state index in [0.717, 1.165) is 20.9 Å². The zero-order valence-electron chi connectivity index (χ0n) is 16.5. The van der Waals surface area contributed by atoms with Gasteiger partial charge < -0.3 is 5.32 Å². The van der Waals surface area contributed by atoms with Gasteiger partial charge in [0, 0.05) is 10.6 Å². The molecule has 0 atom stereocenters. The first-order valence-electron chi connectivity index (χ1n) is 9.40. The standard InChI is InChI=1S/C24H19FN2O2S/c1-15-12-16(2)14-17(13-15)26-21-22(30-18-8-4-3-5-9-18)24(29)27(23(21)28)20-11-7-6-10-19(20)25/h3-14,26H,1-2H3. The molecule has 1 N–H and O–H groups in total. The molecule has 2 amide bonds. The van der Waals surface area contributed by atoms with E-state index in [0.29, 0.717) is 5.69 Å². The average Bonchev–Trinajstić information content (AvgIpc) is 2.93. The van der Waals surface area contributed by atoms with Crippen LogP contribution in [-0.2, 0) is 9.59 Å². The lowest BCUT2D eigenvalue weighted by molar-refractivity contribution is -0.120. The summed E-state index contributed by atoms with van der Waals surface area (Å²) < 4.78 is 14.4. The molecule has 0 aliphatic carbocycles. The smallest absolute Gasteiger partial charge is 0.283 e. The molecule has 0 fully saturated rings. The van der Waals surface area contributed by atoms with E-state index < -0.39 is 17.6 Å². The van der Waals surface area contributed by atoms with Crippen LogP contribution in [0.25, 0.3) is 0 Å². The molecule has 0 bridgehead atoms. The van der Waals surface area contributed by atoms with Gasteiger partial charge in [-0.25, -0.2) is 9.29 Å². The molecule has 0 unspecified atom stereocenters. The van der Waals surface area contributed by atoms with Gasteiger partial charge in [0.05, 0.1) is 5.69 Å². The van der Waals surface area contributed by atoms with E-state index >= 15 is 0 Å². The first kappa shape index (κ1) is 19.9. The van der Waals surface area contributed by atoms with Gasteiger partial charge in [-0.3, -0.25) is 9.59 Å². The highest BCUT2D eigenvalue weighted by molar-refractivity contribution is 8.04. The minimum atomic E-state index is -0.629. The summed E-state index contributed by atoms with van der Waals surface area (Å²) in [6.07, 6.45) is 0. The van der Waals surface area contributed by atoms with Gasteiger partial charge in [0.2, 0.25) is 0 Å². The molecule has 150 valence electrons. The molecule has 0 radical (unpaired) electrons. The van der Waals surface area contributed by atoms with Gasteiger partial charge in [0.1, 0.15) is 16.4 Å². The lowest BCUT2D eigenvalue weighted by Crippen LogP contribution is -2.33. The monoisotopic (exact) mass is 418 g/mol. The first-order valence-corrected chi connectivity index (χ1v) is 10.2. The predicted molar refractivity (Wildman–Crippen MR) is 118 cm³/mol. The highest BCUT2D eigenvalue weighted by Crippen LogP contribution is 2.38. The Morgan fingerprint density at radius 3 is 2.13 bits per heavy atom. The number of nitrogens with zero attached hydrogens (tertiary/aromatic N) is 1. The Labute approximate surface area is 178 Å². The summed E-state index contributed by atoms with van der Waals surface area (Å²) in [5.41, 5.74) is 2.83. The minimum Gasteiger partial charge on any atom is -0.350 e. The van der Waals surface area contributed by atoms with Crippen LogP contribution in [0.2, 0.25) is 0 Å². The fourth-order valence-corrected chi connectivity index (χ4v) is 4.31. The maximum atomic E-state index is 14.4. The summed E-state index contributed by atoms with van der Waals surface area (Å²) in [4.78, 5) is 28.4. The third-order valence-corrected chi connectivity index (χ3v) is 5.68. The van der Waals surface area contributed by atoms with Crippen molar-refractivity contribution in [2.75, 3.05) is 10.2 Å². The number of amides is 2. The second-order valence-electron chi connectivity index (χ2n) is 7.02. The van der Waals surface area contributed by atoms with Crippen molar-refractivity contribution < 1.29 is 14.0 Å². The summed E-state index contributed by atoms with van der Waals surface area (Å²) in [5.74, 6) is -1.76. The van der Waals surface area contributed by atoms with E-state index in [4.69, 9.17) is 0 Å². The number of benzene rings is 3. The minimum absolute atomic E-state index is 0.0594. The van der Waals surface area contributed by atoms with Gasteiger partial charge in [-0.15, -0.1) is 0 Å². The summed E-state index contributed by atoms with van der Waals surface area (Å²) >= 11 is 1.19. The number of thioether (sulfide) groups is 1. The molecule has 4 nitrogen and oxygen atoms in total. The van der Waals surface area contributed by atoms with E-state index in [9.17, 15) is 14.0 Å². The lowest BCUT2D eigenvalue weighted by atomic mass is 10.1. The third-order valence-electron chi connectivity index (χ3n) is 4.59. The number of rotatable bonds is 5. The predicted octanol–water partition coefficient (Wildman–Crippen LogP) is 5.43. The molecule has 30 heavy (non-hydrogen) atoms. The van der Waals surface area contributed by atoms with Crippen LogP contribution in [0.15, 0.2) is 88.3 Å². The van der Waals surface area contributed by atoms with Crippen LogP contribution in [-0.4, -0.2) is 11.8 Å². The molecule has 3 aromatic rings. The van der Waals surface area contributed by atoms with Crippen LogP contribution in [0.4, 0.5) is 15.8 Å². The second kappa shape index (κ2) is 8.16. The largest absolute Gasteiger partial charge is 0.350 e. The van der Waals surface area contributed by atoms with Crippen LogP contribution in [0.1, 0.15) is 11.1 Å². The van der Waals surface area contributed by atoms with Crippen molar-refractivity contribution in [2.45, 2.75) is 18.7 Å². The van der Waals surface area contributed by atoms with Crippen molar-refractivity contribution in [3.05, 3.63) is 100 Å². The second-order valence-corrected chi connectivity index (χ2v) is 8.10. The number of carbonyl (C=O) groups is 2. The van der Waals surface area contributed by atoms with Gasteiger partial charge >= 0.3 is 0 Å². The average molecular weight is 418 g/mol. The van der Waals surface area contributed by atoms with Crippen molar-refractivity contribution >= 4 is 35.0 Å².